The molecule has 0 aromatic carbocycles. The Hall–Kier alpha value is -0.700. The zero-order valence-corrected chi connectivity index (χ0v) is 12.7. The monoisotopic (exact) mass is 305 g/mol. The fraction of sp³-hybridized carbons (Fsp3) is 0.727. The van der Waals surface area contributed by atoms with Gasteiger partial charge < -0.3 is 10.7 Å². The van der Waals surface area contributed by atoms with Crippen LogP contribution in [0, 0.1) is 6.92 Å². The standard InChI is InChI=1S/C11H19N3O3S2/c1-7-10(18-11(15)13-7)19(16,17)14(2)9-5-3-8(12)4-6-9/h8-9H,3-6,12H2,1-2H3,(H,13,15). The molecule has 19 heavy (non-hydrogen) atoms. The van der Waals surface area contributed by atoms with E-state index >= 15 is 0 Å². The van der Waals surface area contributed by atoms with Crippen molar-refractivity contribution >= 4 is 21.4 Å². The molecule has 1 heterocycles. The summed E-state index contributed by atoms with van der Waals surface area (Å²) in [6, 6.07) is 0.152. The lowest BCUT2D eigenvalue weighted by Crippen LogP contribution is -2.41. The molecule has 1 aromatic heterocycles. The van der Waals surface area contributed by atoms with E-state index in [0.29, 0.717) is 5.69 Å². The molecule has 1 aliphatic carbocycles. The Kier molecular flexibility index (Phi) is 4.14. The average molecular weight is 305 g/mol. The summed E-state index contributed by atoms with van der Waals surface area (Å²) >= 11 is 0.749. The van der Waals surface area contributed by atoms with E-state index in [-0.39, 0.29) is 21.2 Å². The summed E-state index contributed by atoms with van der Waals surface area (Å²) in [6.07, 6.45) is 3.23. The number of nitrogens with two attached hydrogens (primary N) is 1. The van der Waals surface area contributed by atoms with Gasteiger partial charge in [0.15, 0.2) is 4.21 Å². The molecule has 0 bridgehead atoms. The van der Waals surface area contributed by atoms with Crippen molar-refractivity contribution in [3.63, 3.8) is 0 Å². The summed E-state index contributed by atoms with van der Waals surface area (Å²) in [5, 5.41) is 0. The Morgan fingerprint density at radius 1 is 1.32 bits per heavy atom. The number of rotatable bonds is 3. The van der Waals surface area contributed by atoms with Gasteiger partial charge in [0.25, 0.3) is 10.0 Å². The average Bonchev–Trinajstić information content (AvgIpc) is 2.69. The third kappa shape index (κ3) is 2.91. The number of sulfonamides is 1. The quantitative estimate of drug-likeness (QED) is 0.856. The van der Waals surface area contributed by atoms with Crippen molar-refractivity contribution in [2.75, 3.05) is 7.05 Å². The van der Waals surface area contributed by atoms with Gasteiger partial charge in [-0.05, 0) is 32.6 Å². The zero-order valence-electron chi connectivity index (χ0n) is 11.0. The van der Waals surface area contributed by atoms with E-state index in [4.69, 9.17) is 5.73 Å². The van der Waals surface area contributed by atoms with Gasteiger partial charge in [-0.15, -0.1) is 0 Å². The highest BCUT2D eigenvalue weighted by molar-refractivity contribution is 7.91. The Balaban J connectivity index is 2.24. The first-order valence-corrected chi connectivity index (χ1v) is 8.51. The summed E-state index contributed by atoms with van der Waals surface area (Å²) in [4.78, 5) is 13.4. The van der Waals surface area contributed by atoms with E-state index < -0.39 is 10.0 Å². The van der Waals surface area contributed by atoms with Crippen molar-refractivity contribution in [1.82, 2.24) is 9.29 Å². The lowest BCUT2D eigenvalue weighted by molar-refractivity contribution is 0.269. The van der Waals surface area contributed by atoms with E-state index in [1.807, 2.05) is 0 Å². The Bertz CT molecular complexity index is 597. The molecule has 108 valence electrons. The molecule has 1 aromatic rings. The predicted octanol–water partition coefficient (Wildman–Crippen LogP) is 0.635. The number of thiazole rings is 1. The van der Waals surface area contributed by atoms with Gasteiger partial charge in [0.2, 0.25) is 0 Å². The second-order valence-corrected chi connectivity index (χ2v) is 8.19. The summed E-state index contributed by atoms with van der Waals surface area (Å²) in [7, 11) is -2.00. The molecule has 0 atom stereocenters. The van der Waals surface area contributed by atoms with E-state index in [1.165, 1.54) is 4.31 Å². The molecule has 1 aliphatic rings. The molecule has 1 saturated carbocycles. The highest BCUT2D eigenvalue weighted by Crippen LogP contribution is 2.27. The molecular weight excluding hydrogens is 286 g/mol. The molecule has 0 aliphatic heterocycles. The van der Waals surface area contributed by atoms with Gasteiger partial charge in [0.1, 0.15) is 0 Å². The van der Waals surface area contributed by atoms with Crippen LogP contribution in [0.4, 0.5) is 0 Å². The largest absolute Gasteiger partial charge is 0.328 e. The Labute approximate surface area is 116 Å². The fourth-order valence-corrected chi connectivity index (χ4v) is 5.31. The van der Waals surface area contributed by atoms with Gasteiger partial charge in [-0.3, -0.25) is 4.79 Å². The first-order valence-electron chi connectivity index (χ1n) is 6.25. The van der Waals surface area contributed by atoms with Crippen LogP contribution >= 0.6 is 11.3 Å². The molecule has 1 fully saturated rings. The van der Waals surface area contributed by atoms with Crippen LogP contribution in [0.25, 0.3) is 0 Å². The van der Waals surface area contributed by atoms with E-state index in [9.17, 15) is 13.2 Å². The number of nitrogens with zero attached hydrogens (tertiary/aromatic N) is 1. The van der Waals surface area contributed by atoms with E-state index in [0.717, 1.165) is 37.0 Å². The van der Waals surface area contributed by atoms with Gasteiger partial charge in [-0.2, -0.15) is 4.31 Å². The van der Waals surface area contributed by atoms with Gasteiger partial charge in [-0.1, -0.05) is 11.3 Å². The minimum atomic E-state index is -3.59. The maximum atomic E-state index is 12.5. The van der Waals surface area contributed by atoms with Crippen molar-refractivity contribution in [3.05, 3.63) is 15.4 Å². The molecule has 0 radical (unpaired) electrons. The van der Waals surface area contributed by atoms with Crippen molar-refractivity contribution in [3.8, 4) is 0 Å². The predicted molar refractivity (Wildman–Crippen MR) is 74.9 cm³/mol. The number of hydrogen-bond acceptors (Lipinski definition) is 5. The lowest BCUT2D eigenvalue weighted by atomic mass is 9.92. The summed E-state index contributed by atoms with van der Waals surface area (Å²) < 4.78 is 26.5. The van der Waals surface area contributed by atoms with Gasteiger partial charge >= 0.3 is 4.87 Å². The molecule has 3 N–H and O–H groups in total. The second-order valence-electron chi connectivity index (χ2n) is 5.02. The Morgan fingerprint density at radius 2 is 1.89 bits per heavy atom. The van der Waals surface area contributed by atoms with Gasteiger partial charge in [-0.25, -0.2) is 8.42 Å². The summed E-state index contributed by atoms with van der Waals surface area (Å²) in [6.45, 7) is 1.61. The van der Waals surface area contributed by atoms with Crippen molar-refractivity contribution in [2.24, 2.45) is 5.73 Å². The summed E-state index contributed by atoms with van der Waals surface area (Å²) in [5.41, 5.74) is 6.24. The van der Waals surface area contributed by atoms with E-state index in [1.54, 1.807) is 14.0 Å². The van der Waals surface area contributed by atoms with Crippen LogP contribution in [0.15, 0.2) is 9.00 Å². The molecular formula is C11H19N3O3S2. The van der Waals surface area contributed by atoms with E-state index in [2.05, 4.69) is 4.98 Å². The summed E-state index contributed by atoms with van der Waals surface area (Å²) in [5.74, 6) is 0. The van der Waals surface area contributed by atoms with Crippen molar-refractivity contribution < 1.29 is 8.42 Å². The molecule has 0 spiro atoms. The highest BCUT2D eigenvalue weighted by Gasteiger charge is 2.32. The number of hydrogen-bond donors (Lipinski definition) is 2. The second kappa shape index (κ2) is 5.35. The molecule has 0 amide bonds. The molecule has 0 saturated heterocycles. The van der Waals surface area contributed by atoms with Crippen LogP contribution < -0.4 is 10.6 Å². The van der Waals surface area contributed by atoms with Gasteiger partial charge in [0.05, 0.1) is 0 Å². The fourth-order valence-electron chi connectivity index (χ4n) is 2.43. The number of aryl methyl sites for hydroxylation is 1. The van der Waals surface area contributed by atoms with Crippen molar-refractivity contribution in [2.45, 2.75) is 48.9 Å². The lowest BCUT2D eigenvalue weighted by Gasteiger charge is -2.32. The van der Waals surface area contributed by atoms with Crippen LogP contribution in [0.1, 0.15) is 31.4 Å². The number of aromatic nitrogens is 1. The Morgan fingerprint density at radius 3 is 2.37 bits per heavy atom. The van der Waals surface area contributed by atoms with Crippen LogP contribution in [-0.4, -0.2) is 36.8 Å². The maximum Gasteiger partial charge on any atom is 0.305 e. The van der Waals surface area contributed by atoms with Crippen LogP contribution in [0.5, 0.6) is 0 Å². The molecule has 6 nitrogen and oxygen atoms in total. The van der Waals surface area contributed by atoms with Gasteiger partial charge in [0, 0.05) is 24.8 Å². The molecule has 0 unspecified atom stereocenters. The minimum absolute atomic E-state index is 0.0265. The topological polar surface area (TPSA) is 96.3 Å². The SMILES string of the molecule is Cc1[nH]c(=O)sc1S(=O)(=O)N(C)C1CCC(N)CC1. The maximum absolute atomic E-state index is 12.5. The number of H-pyrrole nitrogens is 1. The van der Waals surface area contributed by atoms with Crippen LogP contribution in [-0.2, 0) is 10.0 Å². The smallest absolute Gasteiger partial charge is 0.305 e. The first kappa shape index (κ1) is 14.7. The number of nitrogens with one attached hydrogen (secondary N) is 1. The first-order chi connectivity index (χ1) is 8.82. The third-order valence-corrected chi connectivity index (χ3v) is 7.14. The third-order valence-electron chi connectivity index (χ3n) is 3.65. The highest BCUT2D eigenvalue weighted by atomic mass is 32.2. The minimum Gasteiger partial charge on any atom is -0.328 e. The molecule has 2 rings (SSSR count). The van der Waals surface area contributed by atoms with Crippen LogP contribution in [0.2, 0.25) is 0 Å². The van der Waals surface area contributed by atoms with Crippen LogP contribution in [0.3, 0.4) is 0 Å². The normalized spacial score (nSPS) is 24.8. The zero-order chi connectivity index (χ0) is 14.2. The van der Waals surface area contributed by atoms with Crippen molar-refractivity contribution in [1.29, 1.82) is 0 Å². The molecule has 8 heteroatoms. The number of aromatic amines is 1.